The number of ether oxygens (including phenoxy) is 1. The van der Waals surface area contributed by atoms with Gasteiger partial charge in [0.15, 0.2) is 0 Å². The fraction of sp³-hybridized carbons (Fsp3) is 0.250. The van der Waals surface area contributed by atoms with Crippen molar-refractivity contribution in [2.45, 2.75) is 13.0 Å². The second-order valence-electron chi connectivity index (χ2n) is 5.98. The molecule has 0 radical (unpaired) electrons. The summed E-state index contributed by atoms with van der Waals surface area (Å²) in [5.41, 5.74) is 4.59. The summed E-state index contributed by atoms with van der Waals surface area (Å²) in [5, 5.41) is 8.86. The lowest BCUT2D eigenvalue weighted by molar-refractivity contribution is -0.137. The third-order valence-electron chi connectivity index (χ3n) is 4.13. The summed E-state index contributed by atoms with van der Waals surface area (Å²) in [6.45, 7) is 1.31. The number of carboxylic acids is 1. The van der Waals surface area contributed by atoms with Gasteiger partial charge in [-0.3, -0.25) is 9.69 Å². The summed E-state index contributed by atoms with van der Waals surface area (Å²) < 4.78 is 5.96. The smallest absolute Gasteiger partial charge is 0.317 e. The highest BCUT2D eigenvalue weighted by Gasteiger charge is 2.18. The lowest BCUT2D eigenvalue weighted by Crippen LogP contribution is -2.26. The number of aliphatic carboxylic acids is 1. The van der Waals surface area contributed by atoms with Gasteiger partial charge in [0, 0.05) is 12.1 Å². The number of rotatable bonds is 5. The predicted octanol–water partition coefficient (Wildman–Crippen LogP) is 3.42. The van der Waals surface area contributed by atoms with E-state index in [9.17, 15) is 4.79 Å². The third-order valence-corrected chi connectivity index (χ3v) is 4.13. The first-order chi connectivity index (χ1) is 11.6. The molecule has 1 N–H and O–H groups in total. The molecule has 3 rings (SSSR count). The molecule has 0 amide bonds. The summed E-state index contributed by atoms with van der Waals surface area (Å²) >= 11 is 0. The van der Waals surface area contributed by atoms with Crippen molar-refractivity contribution in [1.82, 2.24) is 4.90 Å². The molecule has 4 nitrogen and oxygen atoms in total. The van der Waals surface area contributed by atoms with Gasteiger partial charge in [0.05, 0.1) is 6.54 Å². The first kappa shape index (κ1) is 16.3. The van der Waals surface area contributed by atoms with E-state index in [2.05, 4.69) is 24.3 Å². The second kappa shape index (κ2) is 7.32. The molecule has 24 heavy (non-hydrogen) atoms. The Kier molecular flexibility index (Phi) is 4.96. The number of fused-ring (bicyclic) bond motifs is 2. The molecule has 4 heteroatoms. The van der Waals surface area contributed by atoms with Crippen molar-refractivity contribution >= 4 is 11.5 Å². The van der Waals surface area contributed by atoms with E-state index in [1.54, 1.807) is 0 Å². The molecule has 2 aromatic rings. The average molecular weight is 323 g/mol. The quantitative estimate of drug-likeness (QED) is 0.916. The molecule has 0 saturated heterocycles. The molecule has 0 spiro atoms. The highest BCUT2D eigenvalue weighted by atomic mass is 16.5. The minimum absolute atomic E-state index is 0.0550. The molecule has 0 aromatic heterocycles. The summed E-state index contributed by atoms with van der Waals surface area (Å²) in [5.74, 6) is 0.0857. The normalized spacial score (nSPS) is 14.7. The molecule has 0 saturated carbocycles. The van der Waals surface area contributed by atoms with Crippen LogP contribution in [0.5, 0.6) is 5.75 Å². The van der Waals surface area contributed by atoms with Crippen LogP contribution in [0.2, 0.25) is 0 Å². The Labute approximate surface area is 142 Å². The van der Waals surface area contributed by atoms with E-state index in [0.717, 1.165) is 23.3 Å². The van der Waals surface area contributed by atoms with Crippen LogP contribution in [0.3, 0.4) is 0 Å². The second-order valence-corrected chi connectivity index (χ2v) is 5.98. The Morgan fingerprint density at radius 1 is 1.17 bits per heavy atom. The number of hydrogen-bond acceptors (Lipinski definition) is 3. The molecule has 1 aliphatic heterocycles. The summed E-state index contributed by atoms with van der Waals surface area (Å²) in [6, 6.07) is 16.3. The molecule has 0 fully saturated rings. The van der Waals surface area contributed by atoms with Crippen molar-refractivity contribution in [3.63, 3.8) is 0 Å². The Morgan fingerprint density at radius 3 is 2.67 bits per heavy atom. The van der Waals surface area contributed by atoms with Crippen LogP contribution in [0.25, 0.3) is 5.57 Å². The minimum atomic E-state index is -0.802. The van der Waals surface area contributed by atoms with Gasteiger partial charge in [-0.1, -0.05) is 48.5 Å². The number of benzene rings is 2. The van der Waals surface area contributed by atoms with E-state index in [0.29, 0.717) is 13.2 Å². The number of carboxylic acid groups (broad SMARTS) is 1. The maximum Gasteiger partial charge on any atom is 0.317 e. The predicted molar refractivity (Wildman–Crippen MR) is 94.0 cm³/mol. The standard InChI is InChI=1S/C20H21NO3/c1-21(13-20(22)23)12-6-10-17-16-8-3-2-7-15(16)14-24-19-11-5-4-9-18(17)19/h2-5,7-11H,6,12-14H2,1H3,(H,22,23)/b17-10-. The topological polar surface area (TPSA) is 49.8 Å². The van der Waals surface area contributed by atoms with Crippen molar-refractivity contribution in [3.8, 4) is 5.75 Å². The zero-order valence-corrected chi connectivity index (χ0v) is 13.7. The molecule has 0 bridgehead atoms. The molecule has 0 aliphatic carbocycles. The number of nitrogens with zero attached hydrogens (tertiary/aromatic N) is 1. The van der Waals surface area contributed by atoms with Crippen LogP contribution in [0.15, 0.2) is 54.6 Å². The summed E-state index contributed by atoms with van der Waals surface area (Å²) in [7, 11) is 1.82. The van der Waals surface area contributed by atoms with Crippen LogP contribution in [0.4, 0.5) is 0 Å². The zero-order chi connectivity index (χ0) is 16.9. The first-order valence-electron chi connectivity index (χ1n) is 8.06. The molecule has 1 aliphatic rings. The Hall–Kier alpha value is -2.59. The monoisotopic (exact) mass is 323 g/mol. The molecular formula is C20H21NO3. The van der Waals surface area contributed by atoms with Crippen LogP contribution in [-0.4, -0.2) is 36.1 Å². The highest BCUT2D eigenvalue weighted by Crippen LogP contribution is 2.36. The van der Waals surface area contributed by atoms with E-state index in [4.69, 9.17) is 9.84 Å². The van der Waals surface area contributed by atoms with Crippen molar-refractivity contribution in [2.24, 2.45) is 0 Å². The molecule has 0 atom stereocenters. The zero-order valence-electron chi connectivity index (χ0n) is 13.7. The van der Waals surface area contributed by atoms with Gasteiger partial charge >= 0.3 is 5.97 Å². The van der Waals surface area contributed by atoms with E-state index >= 15 is 0 Å². The third kappa shape index (κ3) is 3.66. The number of carbonyl (C=O) groups is 1. The molecule has 1 heterocycles. The molecule has 124 valence electrons. The van der Waals surface area contributed by atoms with Crippen LogP contribution in [-0.2, 0) is 11.4 Å². The van der Waals surface area contributed by atoms with Gasteiger partial charge in [-0.05, 0) is 36.2 Å². The maximum absolute atomic E-state index is 10.8. The lowest BCUT2D eigenvalue weighted by atomic mass is 9.93. The fourth-order valence-corrected chi connectivity index (χ4v) is 2.98. The van der Waals surface area contributed by atoms with Gasteiger partial charge in [-0.15, -0.1) is 0 Å². The van der Waals surface area contributed by atoms with Crippen LogP contribution < -0.4 is 4.74 Å². The first-order valence-corrected chi connectivity index (χ1v) is 8.06. The van der Waals surface area contributed by atoms with Gasteiger partial charge in [0.25, 0.3) is 0 Å². The Balaban J connectivity index is 1.90. The lowest BCUT2D eigenvalue weighted by Gasteiger charge is -2.14. The molecular weight excluding hydrogens is 302 g/mol. The Bertz CT molecular complexity index is 717. The molecule has 2 aromatic carbocycles. The van der Waals surface area contributed by atoms with Crippen molar-refractivity contribution < 1.29 is 14.6 Å². The number of hydrogen-bond donors (Lipinski definition) is 1. The number of para-hydroxylation sites is 1. The average Bonchev–Trinajstić information content (AvgIpc) is 2.72. The van der Waals surface area contributed by atoms with Gasteiger partial charge in [-0.25, -0.2) is 0 Å². The van der Waals surface area contributed by atoms with Gasteiger partial charge in [0.2, 0.25) is 0 Å². The number of likely N-dealkylation sites (N-methyl/N-ethyl adjacent to an activating group) is 1. The van der Waals surface area contributed by atoms with Crippen molar-refractivity contribution in [2.75, 3.05) is 20.1 Å². The maximum atomic E-state index is 10.8. The fourth-order valence-electron chi connectivity index (χ4n) is 2.98. The SMILES string of the molecule is CN(CC/C=C1/c2ccccc2COc2ccccc21)CC(=O)O. The Morgan fingerprint density at radius 2 is 1.88 bits per heavy atom. The van der Waals surface area contributed by atoms with Crippen molar-refractivity contribution in [1.29, 1.82) is 0 Å². The van der Waals surface area contributed by atoms with Gasteiger partial charge < -0.3 is 9.84 Å². The van der Waals surface area contributed by atoms with E-state index in [1.165, 1.54) is 11.1 Å². The van der Waals surface area contributed by atoms with E-state index in [1.807, 2.05) is 42.3 Å². The van der Waals surface area contributed by atoms with E-state index in [-0.39, 0.29) is 6.54 Å². The highest BCUT2D eigenvalue weighted by molar-refractivity contribution is 5.84. The van der Waals surface area contributed by atoms with Gasteiger partial charge in [-0.2, -0.15) is 0 Å². The van der Waals surface area contributed by atoms with Crippen LogP contribution in [0, 0.1) is 0 Å². The largest absolute Gasteiger partial charge is 0.488 e. The minimum Gasteiger partial charge on any atom is -0.488 e. The summed E-state index contributed by atoms with van der Waals surface area (Å²) in [6.07, 6.45) is 2.96. The van der Waals surface area contributed by atoms with Crippen molar-refractivity contribution in [3.05, 3.63) is 71.3 Å². The van der Waals surface area contributed by atoms with Crippen LogP contribution in [0.1, 0.15) is 23.1 Å². The summed E-state index contributed by atoms with van der Waals surface area (Å²) in [4.78, 5) is 12.6. The van der Waals surface area contributed by atoms with Gasteiger partial charge in [0.1, 0.15) is 12.4 Å². The van der Waals surface area contributed by atoms with E-state index < -0.39 is 5.97 Å². The molecule has 0 unspecified atom stereocenters. The van der Waals surface area contributed by atoms with Crippen LogP contribution >= 0.6 is 0 Å².